The minimum Gasteiger partial charge on any atom is -0.507 e. The molecule has 1 aliphatic rings. The zero-order valence-corrected chi connectivity index (χ0v) is 12.0. The van der Waals surface area contributed by atoms with Gasteiger partial charge in [0.1, 0.15) is 5.75 Å². The Hall–Kier alpha value is -2.76. The lowest BCUT2D eigenvalue weighted by Gasteiger charge is -2.34. The van der Waals surface area contributed by atoms with E-state index in [2.05, 4.69) is 9.88 Å². The number of benzene rings is 1. The van der Waals surface area contributed by atoms with Gasteiger partial charge in [-0.05, 0) is 24.3 Å². The Morgan fingerprint density at radius 1 is 1.09 bits per heavy atom. The van der Waals surface area contributed by atoms with Gasteiger partial charge in [0.15, 0.2) is 0 Å². The van der Waals surface area contributed by atoms with E-state index in [1.165, 1.54) is 4.90 Å². The number of hydrogen-bond donors (Lipinski definition) is 2. The minimum atomic E-state index is -0.871. The number of carboxylic acid groups (broad SMARTS) is 1. The number of phenolic OH excluding ortho intramolecular Hbond substituents is 1. The van der Waals surface area contributed by atoms with Crippen molar-refractivity contribution in [2.24, 2.45) is 0 Å². The maximum absolute atomic E-state index is 10.9. The average Bonchev–Trinajstić information content (AvgIpc) is 2.55. The van der Waals surface area contributed by atoms with Crippen molar-refractivity contribution in [3.63, 3.8) is 0 Å². The van der Waals surface area contributed by atoms with Gasteiger partial charge < -0.3 is 20.0 Å². The fourth-order valence-corrected chi connectivity index (χ4v) is 2.61. The van der Waals surface area contributed by atoms with Crippen LogP contribution in [0.5, 0.6) is 5.75 Å². The number of aromatic hydroxyl groups is 1. The molecule has 1 aromatic carbocycles. The molecule has 114 valence electrons. The van der Waals surface area contributed by atoms with Gasteiger partial charge in [-0.2, -0.15) is 0 Å². The van der Waals surface area contributed by atoms with Gasteiger partial charge in [0.05, 0.1) is 5.69 Å². The van der Waals surface area contributed by atoms with Crippen molar-refractivity contribution < 1.29 is 15.0 Å². The number of nitrogens with zero attached hydrogens (tertiary/aromatic N) is 3. The van der Waals surface area contributed by atoms with Crippen molar-refractivity contribution in [3.8, 4) is 17.0 Å². The second-order valence-corrected chi connectivity index (χ2v) is 5.17. The Bertz CT molecular complexity index is 682. The van der Waals surface area contributed by atoms with Crippen molar-refractivity contribution in [2.45, 2.75) is 0 Å². The zero-order valence-electron chi connectivity index (χ0n) is 12.0. The van der Waals surface area contributed by atoms with Crippen LogP contribution in [0.15, 0.2) is 42.6 Å². The lowest BCUT2D eigenvalue weighted by molar-refractivity contribution is 0.142. The third kappa shape index (κ3) is 2.81. The van der Waals surface area contributed by atoms with Gasteiger partial charge in [-0.3, -0.25) is 4.98 Å². The van der Waals surface area contributed by atoms with Crippen molar-refractivity contribution in [1.29, 1.82) is 0 Å². The molecule has 2 heterocycles. The third-order valence-electron chi connectivity index (χ3n) is 3.84. The molecule has 0 spiro atoms. The molecule has 1 aromatic heterocycles. The molecule has 0 radical (unpaired) electrons. The Morgan fingerprint density at radius 3 is 2.50 bits per heavy atom. The van der Waals surface area contributed by atoms with E-state index >= 15 is 0 Å². The van der Waals surface area contributed by atoms with Crippen LogP contribution in [0.3, 0.4) is 0 Å². The fourth-order valence-electron chi connectivity index (χ4n) is 2.61. The summed E-state index contributed by atoms with van der Waals surface area (Å²) in [6.45, 7) is 2.28. The number of para-hydroxylation sites is 1. The van der Waals surface area contributed by atoms with E-state index in [1.54, 1.807) is 18.3 Å². The minimum absolute atomic E-state index is 0.197. The average molecular weight is 299 g/mol. The maximum atomic E-state index is 10.9. The molecule has 1 amide bonds. The molecule has 1 saturated heterocycles. The monoisotopic (exact) mass is 299 g/mol. The van der Waals surface area contributed by atoms with Crippen LogP contribution >= 0.6 is 0 Å². The van der Waals surface area contributed by atoms with Gasteiger partial charge in [0, 0.05) is 43.6 Å². The van der Waals surface area contributed by atoms with Crippen molar-refractivity contribution in [3.05, 3.63) is 42.6 Å². The molecule has 6 heteroatoms. The molecule has 22 heavy (non-hydrogen) atoms. The van der Waals surface area contributed by atoms with E-state index < -0.39 is 6.09 Å². The first-order valence-electron chi connectivity index (χ1n) is 7.12. The highest BCUT2D eigenvalue weighted by molar-refractivity contribution is 5.70. The molecule has 0 atom stereocenters. The van der Waals surface area contributed by atoms with Crippen LogP contribution in [0.25, 0.3) is 11.3 Å². The number of pyridine rings is 1. The molecule has 3 rings (SSSR count). The summed E-state index contributed by atoms with van der Waals surface area (Å²) in [5, 5.41) is 18.9. The number of phenols is 1. The van der Waals surface area contributed by atoms with E-state index in [4.69, 9.17) is 5.11 Å². The summed E-state index contributed by atoms with van der Waals surface area (Å²) in [6.07, 6.45) is 0.838. The molecule has 6 nitrogen and oxygen atoms in total. The quantitative estimate of drug-likeness (QED) is 0.889. The molecular formula is C16H17N3O3. The summed E-state index contributed by atoms with van der Waals surface area (Å²) >= 11 is 0. The van der Waals surface area contributed by atoms with Gasteiger partial charge >= 0.3 is 6.09 Å². The molecule has 0 saturated carbocycles. The van der Waals surface area contributed by atoms with Crippen LogP contribution < -0.4 is 4.90 Å². The fraction of sp³-hybridized carbons (Fsp3) is 0.250. The first kappa shape index (κ1) is 14.2. The van der Waals surface area contributed by atoms with Crippen LogP contribution in [-0.4, -0.2) is 52.4 Å². The van der Waals surface area contributed by atoms with Crippen molar-refractivity contribution >= 4 is 11.8 Å². The number of carbonyl (C=O) groups is 1. The predicted octanol–water partition coefficient (Wildman–Crippen LogP) is 2.25. The first-order chi connectivity index (χ1) is 10.6. The van der Waals surface area contributed by atoms with Crippen LogP contribution in [0.1, 0.15) is 0 Å². The maximum Gasteiger partial charge on any atom is 0.407 e. The summed E-state index contributed by atoms with van der Waals surface area (Å²) in [5.74, 6) is 0.197. The molecule has 0 bridgehead atoms. The second kappa shape index (κ2) is 5.93. The molecule has 1 fully saturated rings. The van der Waals surface area contributed by atoms with Gasteiger partial charge in [0.25, 0.3) is 0 Å². The molecule has 2 aromatic rings. The number of piperazine rings is 1. The van der Waals surface area contributed by atoms with Crippen LogP contribution in [0.2, 0.25) is 0 Å². The summed E-state index contributed by atoms with van der Waals surface area (Å²) in [4.78, 5) is 18.8. The second-order valence-electron chi connectivity index (χ2n) is 5.17. The van der Waals surface area contributed by atoms with E-state index in [0.29, 0.717) is 37.4 Å². The standard InChI is InChI=1S/C16H17N3O3/c20-15-4-2-1-3-13(15)14-11-12(5-6-17-14)18-7-9-19(10-8-18)16(21)22/h1-6,11,20H,7-10H2,(H,21,22). The van der Waals surface area contributed by atoms with Crippen LogP contribution in [0.4, 0.5) is 10.5 Å². The highest BCUT2D eigenvalue weighted by Crippen LogP contribution is 2.29. The first-order valence-corrected chi connectivity index (χ1v) is 7.12. The number of hydrogen-bond acceptors (Lipinski definition) is 4. The van der Waals surface area contributed by atoms with E-state index in [9.17, 15) is 9.90 Å². The normalized spacial score (nSPS) is 14.9. The Labute approximate surface area is 128 Å². The predicted molar refractivity (Wildman–Crippen MR) is 83.1 cm³/mol. The Morgan fingerprint density at radius 2 is 1.82 bits per heavy atom. The van der Waals surface area contributed by atoms with Gasteiger partial charge in [0.2, 0.25) is 0 Å². The number of anilines is 1. The smallest absolute Gasteiger partial charge is 0.407 e. The highest BCUT2D eigenvalue weighted by Gasteiger charge is 2.20. The lowest BCUT2D eigenvalue weighted by atomic mass is 10.1. The number of rotatable bonds is 2. The number of amides is 1. The Kier molecular flexibility index (Phi) is 3.82. The summed E-state index contributed by atoms with van der Waals surface area (Å²) in [7, 11) is 0. The van der Waals surface area contributed by atoms with Crippen LogP contribution in [-0.2, 0) is 0 Å². The Balaban J connectivity index is 1.81. The van der Waals surface area contributed by atoms with E-state index in [-0.39, 0.29) is 5.75 Å². The summed E-state index contributed by atoms with van der Waals surface area (Å²) in [5.41, 5.74) is 2.38. The van der Waals surface area contributed by atoms with Crippen molar-refractivity contribution in [1.82, 2.24) is 9.88 Å². The van der Waals surface area contributed by atoms with E-state index in [1.807, 2.05) is 24.3 Å². The zero-order chi connectivity index (χ0) is 15.5. The van der Waals surface area contributed by atoms with Crippen molar-refractivity contribution in [2.75, 3.05) is 31.1 Å². The summed E-state index contributed by atoms with van der Waals surface area (Å²) in [6, 6.07) is 10.9. The third-order valence-corrected chi connectivity index (χ3v) is 3.84. The molecule has 0 unspecified atom stereocenters. The molecule has 1 aliphatic heterocycles. The highest BCUT2D eigenvalue weighted by atomic mass is 16.4. The van der Waals surface area contributed by atoms with Gasteiger partial charge in [-0.25, -0.2) is 4.79 Å². The lowest BCUT2D eigenvalue weighted by Crippen LogP contribution is -2.48. The molecule has 2 N–H and O–H groups in total. The number of aromatic nitrogens is 1. The SMILES string of the molecule is O=C(O)N1CCN(c2ccnc(-c3ccccc3O)c2)CC1. The molecule has 0 aliphatic carbocycles. The van der Waals surface area contributed by atoms with Crippen LogP contribution in [0, 0.1) is 0 Å². The van der Waals surface area contributed by atoms with Gasteiger partial charge in [-0.15, -0.1) is 0 Å². The van der Waals surface area contributed by atoms with Gasteiger partial charge in [-0.1, -0.05) is 12.1 Å². The van der Waals surface area contributed by atoms with E-state index in [0.717, 1.165) is 5.69 Å². The topological polar surface area (TPSA) is 76.9 Å². The molecular weight excluding hydrogens is 282 g/mol. The summed E-state index contributed by atoms with van der Waals surface area (Å²) < 4.78 is 0. The largest absolute Gasteiger partial charge is 0.507 e.